The van der Waals surface area contributed by atoms with Gasteiger partial charge in [0, 0.05) is 5.69 Å². The van der Waals surface area contributed by atoms with Crippen LogP contribution < -0.4 is 10.9 Å². The van der Waals surface area contributed by atoms with Gasteiger partial charge in [0.15, 0.2) is 5.16 Å². The second-order valence-electron chi connectivity index (χ2n) is 6.00. The molecule has 1 amide bonds. The van der Waals surface area contributed by atoms with Crippen molar-refractivity contribution in [2.45, 2.75) is 25.9 Å². The van der Waals surface area contributed by atoms with Gasteiger partial charge in [-0.1, -0.05) is 41.6 Å². The van der Waals surface area contributed by atoms with Crippen LogP contribution in [0.2, 0.25) is 0 Å². The fraction of sp³-hybridized carbons (Fsp3) is 0.211. The Bertz CT molecular complexity index is 988. The first-order valence-corrected chi connectivity index (χ1v) is 8.92. The molecule has 6 heteroatoms. The minimum absolute atomic E-state index is 0.129. The highest BCUT2D eigenvalue weighted by Gasteiger charge is 2.10. The molecule has 1 heterocycles. The van der Waals surface area contributed by atoms with Gasteiger partial charge in [-0.05, 0) is 44.0 Å². The summed E-state index contributed by atoms with van der Waals surface area (Å²) in [5.74, 6) is 0.0458. The van der Waals surface area contributed by atoms with E-state index in [1.807, 2.05) is 39.0 Å². The number of fused-ring (bicyclic) bond motifs is 1. The number of para-hydroxylation sites is 1. The Hall–Kier alpha value is -2.60. The third-order valence-corrected chi connectivity index (χ3v) is 4.75. The quantitative estimate of drug-likeness (QED) is 0.555. The fourth-order valence-electron chi connectivity index (χ4n) is 2.82. The highest BCUT2D eigenvalue weighted by molar-refractivity contribution is 7.99. The lowest BCUT2D eigenvalue weighted by molar-refractivity contribution is -0.113. The van der Waals surface area contributed by atoms with Gasteiger partial charge in [-0.15, -0.1) is 0 Å². The van der Waals surface area contributed by atoms with Crippen molar-refractivity contribution in [1.29, 1.82) is 0 Å². The van der Waals surface area contributed by atoms with E-state index in [2.05, 4.69) is 15.3 Å². The average Bonchev–Trinajstić information content (AvgIpc) is 2.56. The van der Waals surface area contributed by atoms with Gasteiger partial charge in [0.05, 0.1) is 16.7 Å². The van der Waals surface area contributed by atoms with E-state index in [1.165, 1.54) is 17.3 Å². The number of aromatic amines is 1. The van der Waals surface area contributed by atoms with Gasteiger partial charge in [-0.3, -0.25) is 9.59 Å². The van der Waals surface area contributed by atoms with Gasteiger partial charge in [0.1, 0.15) is 0 Å². The largest absolute Gasteiger partial charge is 0.325 e. The summed E-state index contributed by atoms with van der Waals surface area (Å²) in [4.78, 5) is 31.4. The lowest BCUT2D eigenvalue weighted by Gasteiger charge is -2.12. The molecule has 0 spiro atoms. The molecule has 0 fully saturated rings. The number of aromatic nitrogens is 2. The summed E-state index contributed by atoms with van der Waals surface area (Å²) >= 11 is 1.21. The van der Waals surface area contributed by atoms with Crippen LogP contribution in [-0.2, 0) is 4.79 Å². The summed E-state index contributed by atoms with van der Waals surface area (Å²) in [6.07, 6.45) is 0. The van der Waals surface area contributed by atoms with Crippen LogP contribution in [0.25, 0.3) is 10.9 Å². The van der Waals surface area contributed by atoms with Crippen LogP contribution in [-0.4, -0.2) is 21.6 Å². The summed E-state index contributed by atoms with van der Waals surface area (Å²) in [6, 6.07) is 11.2. The highest BCUT2D eigenvalue weighted by atomic mass is 32.2. The molecular formula is C19H19N3O2S. The first-order valence-electron chi connectivity index (χ1n) is 7.93. The molecule has 0 bridgehead atoms. The zero-order chi connectivity index (χ0) is 18.0. The Labute approximate surface area is 149 Å². The topological polar surface area (TPSA) is 74.8 Å². The van der Waals surface area contributed by atoms with E-state index in [1.54, 1.807) is 18.2 Å². The number of aryl methyl sites for hydroxylation is 3. The van der Waals surface area contributed by atoms with Crippen molar-refractivity contribution in [3.8, 4) is 0 Å². The van der Waals surface area contributed by atoms with E-state index in [9.17, 15) is 9.59 Å². The number of amides is 1. The number of hydrogen-bond donors (Lipinski definition) is 2. The van der Waals surface area contributed by atoms with E-state index < -0.39 is 0 Å². The third kappa shape index (κ3) is 3.91. The highest BCUT2D eigenvalue weighted by Crippen LogP contribution is 2.22. The smallest absolute Gasteiger partial charge is 0.259 e. The molecule has 0 atom stereocenters. The van der Waals surface area contributed by atoms with Crippen LogP contribution in [0.3, 0.4) is 0 Å². The van der Waals surface area contributed by atoms with Gasteiger partial charge >= 0.3 is 0 Å². The third-order valence-electron chi connectivity index (χ3n) is 3.87. The maximum Gasteiger partial charge on any atom is 0.259 e. The van der Waals surface area contributed by atoms with Crippen molar-refractivity contribution < 1.29 is 4.79 Å². The number of nitrogens with one attached hydrogen (secondary N) is 2. The van der Waals surface area contributed by atoms with Crippen molar-refractivity contribution in [3.05, 3.63) is 63.4 Å². The predicted octanol–water partition coefficient (Wildman–Crippen LogP) is 3.58. The number of rotatable bonds is 4. The van der Waals surface area contributed by atoms with Crippen molar-refractivity contribution >= 4 is 34.3 Å². The zero-order valence-electron chi connectivity index (χ0n) is 14.3. The minimum atomic E-state index is -0.196. The summed E-state index contributed by atoms with van der Waals surface area (Å²) < 4.78 is 0. The summed E-state index contributed by atoms with van der Waals surface area (Å²) in [5, 5.41) is 3.93. The molecule has 128 valence electrons. The van der Waals surface area contributed by atoms with E-state index >= 15 is 0 Å². The molecular weight excluding hydrogens is 334 g/mol. The van der Waals surface area contributed by atoms with Crippen molar-refractivity contribution in [3.63, 3.8) is 0 Å². The van der Waals surface area contributed by atoms with E-state index in [0.29, 0.717) is 16.1 Å². The number of thioether (sulfide) groups is 1. The predicted molar refractivity (Wildman–Crippen MR) is 102 cm³/mol. The number of anilines is 1. The first kappa shape index (κ1) is 17.2. The van der Waals surface area contributed by atoms with Crippen LogP contribution in [0.5, 0.6) is 0 Å². The molecule has 0 aliphatic carbocycles. The molecule has 3 aromatic rings. The van der Waals surface area contributed by atoms with Crippen LogP contribution in [0, 0.1) is 20.8 Å². The summed E-state index contributed by atoms with van der Waals surface area (Å²) in [7, 11) is 0. The van der Waals surface area contributed by atoms with E-state index in [4.69, 9.17) is 0 Å². The van der Waals surface area contributed by atoms with Gasteiger partial charge in [0.25, 0.3) is 5.56 Å². The monoisotopic (exact) mass is 353 g/mol. The maximum absolute atomic E-state index is 12.3. The van der Waals surface area contributed by atoms with Gasteiger partial charge in [-0.2, -0.15) is 0 Å². The van der Waals surface area contributed by atoms with Crippen LogP contribution >= 0.6 is 11.8 Å². The standard InChI is InChI=1S/C19H19N3O2S/c1-11-8-12(2)17(13(3)9-11)21-16(23)10-25-19-20-15-7-5-4-6-14(15)18(24)22-19/h4-9H,10H2,1-3H3,(H,21,23)(H,20,22,24). The number of benzene rings is 2. The Morgan fingerprint density at radius 3 is 2.56 bits per heavy atom. The summed E-state index contributed by atoms with van der Waals surface area (Å²) in [5.41, 5.74) is 4.51. The molecule has 1 aromatic heterocycles. The van der Waals surface area contributed by atoms with E-state index in [0.717, 1.165) is 16.8 Å². The van der Waals surface area contributed by atoms with Gasteiger partial charge in [-0.25, -0.2) is 4.98 Å². The molecule has 0 aliphatic heterocycles. The molecule has 0 unspecified atom stereocenters. The SMILES string of the molecule is Cc1cc(C)c(NC(=O)CSc2nc3ccccc3c(=O)[nH]2)c(C)c1. The lowest BCUT2D eigenvalue weighted by Crippen LogP contribution is -2.17. The van der Waals surface area contributed by atoms with Crippen molar-refractivity contribution in [1.82, 2.24) is 9.97 Å². The molecule has 0 saturated heterocycles. The molecule has 0 saturated carbocycles. The van der Waals surface area contributed by atoms with Crippen molar-refractivity contribution in [2.24, 2.45) is 0 Å². The number of carbonyl (C=O) groups is 1. The second-order valence-corrected chi connectivity index (χ2v) is 6.96. The average molecular weight is 353 g/mol. The molecule has 3 rings (SSSR count). The number of hydrogen-bond acceptors (Lipinski definition) is 4. The van der Waals surface area contributed by atoms with Crippen LogP contribution in [0.15, 0.2) is 46.3 Å². The van der Waals surface area contributed by atoms with Gasteiger partial charge < -0.3 is 10.3 Å². The van der Waals surface area contributed by atoms with Crippen LogP contribution in [0.1, 0.15) is 16.7 Å². The Morgan fingerprint density at radius 1 is 1.16 bits per heavy atom. The fourth-order valence-corrected chi connectivity index (χ4v) is 3.49. The van der Waals surface area contributed by atoms with Gasteiger partial charge in [0.2, 0.25) is 5.91 Å². The molecule has 5 nitrogen and oxygen atoms in total. The summed E-state index contributed by atoms with van der Waals surface area (Å²) in [6.45, 7) is 5.99. The number of nitrogens with zero attached hydrogens (tertiary/aromatic N) is 1. The Kier molecular flexibility index (Phi) is 4.90. The molecule has 2 aromatic carbocycles. The molecule has 0 aliphatic rings. The number of carbonyl (C=O) groups excluding carboxylic acids is 1. The lowest BCUT2D eigenvalue weighted by atomic mass is 10.1. The maximum atomic E-state index is 12.3. The normalized spacial score (nSPS) is 10.8. The number of H-pyrrole nitrogens is 1. The first-order chi connectivity index (χ1) is 11.9. The Morgan fingerprint density at radius 2 is 1.84 bits per heavy atom. The van der Waals surface area contributed by atoms with E-state index in [-0.39, 0.29) is 17.2 Å². The van der Waals surface area contributed by atoms with Crippen LogP contribution in [0.4, 0.5) is 5.69 Å². The molecule has 0 radical (unpaired) electrons. The second kappa shape index (κ2) is 7.11. The van der Waals surface area contributed by atoms with Crippen molar-refractivity contribution in [2.75, 3.05) is 11.1 Å². The molecule has 2 N–H and O–H groups in total. The molecule has 25 heavy (non-hydrogen) atoms. The minimum Gasteiger partial charge on any atom is -0.325 e. The Balaban J connectivity index is 1.72. The zero-order valence-corrected chi connectivity index (χ0v) is 15.2.